The van der Waals surface area contributed by atoms with Crippen LogP contribution in [0.15, 0.2) is 36.6 Å². The summed E-state index contributed by atoms with van der Waals surface area (Å²) >= 11 is 0. The Balaban J connectivity index is 4.51. The van der Waals surface area contributed by atoms with Crippen molar-refractivity contribution >= 4 is 6.03 Å². The number of urea groups is 1. The average molecular weight is 152 g/mol. The monoisotopic (exact) mass is 152 g/mol. The van der Waals surface area contributed by atoms with Crippen molar-refractivity contribution in [2.45, 2.75) is 6.92 Å². The third-order valence-electron chi connectivity index (χ3n) is 1.19. The Morgan fingerprint density at radius 2 is 2.00 bits per heavy atom. The standard InChI is InChI=1S/C8H12N2O/c1-4-6(3)7(5-2)10-8(9)11/h4-5H,1-2H2,3H3,(H3,9,10,11)/b7-6+. The molecule has 0 radical (unpaired) electrons. The minimum atomic E-state index is -0.596. The molecule has 0 aromatic carbocycles. The Bertz CT molecular complexity index is 216. The van der Waals surface area contributed by atoms with Gasteiger partial charge in [0.2, 0.25) is 0 Å². The van der Waals surface area contributed by atoms with Gasteiger partial charge in [0.05, 0.1) is 0 Å². The molecule has 0 unspecified atom stereocenters. The molecular formula is C8H12N2O. The van der Waals surface area contributed by atoms with Crippen LogP contribution >= 0.6 is 0 Å². The van der Waals surface area contributed by atoms with Crippen molar-refractivity contribution in [3.8, 4) is 0 Å². The van der Waals surface area contributed by atoms with E-state index in [1.165, 1.54) is 6.08 Å². The van der Waals surface area contributed by atoms with Gasteiger partial charge < -0.3 is 11.1 Å². The van der Waals surface area contributed by atoms with Gasteiger partial charge in [-0.3, -0.25) is 0 Å². The number of rotatable bonds is 3. The van der Waals surface area contributed by atoms with E-state index in [4.69, 9.17) is 5.73 Å². The molecule has 0 aliphatic heterocycles. The zero-order valence-electron chi connectivity index (χ0n) is 6.55. The van der Waals surface area contributed by atoms with Crippen LogP contribution in [0.25, 0.3) is 0 Å². The molecule has 0 spiro atoms. The predicted octanol–water partition coefficient (Wildman–Crippen LogP) is 1.30. The molecule has 3 heteroatoms. The second-order valence-corrected chi connectivity index (χ2v) is 1.99. The first kappa shape index (κ1) is 9.49. The van der Waals surface area contributed by atoms with Crippen LogP contribution in [-0.2, 0) is 0 Å². The summed E-state index contributed by atoms with van der Waals surface area (Å²) in [5.74, 6) is 0. The Hall–Kier alpha value is -1.51. The lowest BCUT2D eigenvalue weighted by molar-refractivity contribution is 0.251. The summed E-state index contributed by atoms with van der Waals surface area (Å²) in [4.78, 5) is 10.4. The Labute approximate surface area is 66.3 Å². The number of primary amides is 1. The highest BCUT2D eigenvalue weighted by atomic mass is 16.2. The minimum Gasteiger partial charge on any atom is -0.351 e. The van der Waals surface area contributed by atoms with E-state index in [0.29, 0.717) is 5.70 Å². The first-order chi connectivity index (χ1) is 5.11. The predicted molar refractivity (Wildman–Crippen MR) is 45.8 cm³/mol. The van der Waals surface area contributed by atoms with E-state index < -0.39 is 6.03 Å². The van der Waals surface area contributed by atoms with E-state index in [2.05, 4.69) is 18.5 Å². The molecule has 3 N–H and O–H groups in total. The molecule has 0 aliphatic carbocycles. The summed E-state index contributed by atoms with van der Waals surface area (Å²) in [7, 11) is 0. The van der Waals surface area contributed by atoms with E-state index >= 15 is 0 Å². The number of amides is 2. The van der Waals surface area contributed by atoms with Gasteiger partial charge >= 0.3 is 6.03 Å². The largest absolute Gasteiger partial charge is 0.351 e. The summed E-state index contributed by atoms with van der Waals surface area (Å²) in [5.41, 5.74) is 6.32. The van der Waals surface area contributed by atoms with Crippen molar-refractivity contribution in [1.29, 1.82) is 0 Å². The number of carbonyl (C=O) groups excluding carboxylic acids is 1. The zero-order chi connectivity index (χ0) is 8.85. The fourth-order valence-corrected chi connectivity index (χ4v) is 0.553. The summed E-state index contributed by atoms with van der Waals surface area (Å²) in [6.45, 7) is 8.85. The average Bonchev–Trinajstić information content (AvgIpc) is 1.98. The third-order valence-corrected chi connectivity index (χ3v) is 1.19. The Kier molecular flexibility index (Phi) is 3.73. The number of allylic oxidation sites excluding steroid dienone is 3. The molecule has 0 atom stereocenters. The number of hydrogen-bond acceptors (Lipinski definition) is 1. The molecule has 0 fully saturated rings. The molecule has 3 nitrogen and oxygen atoms in total. The summed E-state index contributed by atoms with van der Waals surface area (Å²) in [6, 6.07) is -0.596. The zero-order valence-corrected chi connectivity index (χ0v) is 6.55. The van der Waals surface area contributed by atoms with Gasteiger partial charge in [-0.25, -0.2) is 4.79 Å². The van der Waals surface area contributed by atoms with Crippen LogP contribution < -0.4 is 11.1 Å². The minimum absolute atomic E-state index is 0.590. The van der Waals surface area contributed by atoms with Crippen LogP contribution in [-0.4, -0.2) is 6.03 Å². The highest BCUT2D eigenvalue weighted by Crippen LogP contribution is 2.01. The van der Waals surface area contributed by atoms with Gasteiger partial charge in [0.15, 0.2) is 0 Å². The van der Waals surface area contributed by atoms with Gasteiger partial charge in [0.25, 0.3) is 0 Å². The van der Waals surface area contributed by atoms with Crippen LogP contribution in [0.3, 0.4) is 0 Å². The summed E-state index contributed by atoms with van der Waals surface area (Å²) in [5, 5.41) is 2.41. The molecule has 0 aliphatic rings. The topological polar surface area (TPSA) is 55.1 Å². The summed E-state index contributed by atoms with van der Waals surface area (Å²) in [6.07, 6.45) is 3.13. The van der Waals surface area contributed by atoms with Crippen LogP contribution in [0.4, 0.5) is 4.79 Å². The van der Waals surface area contributed by atoms with Crippen LogP contribution in [0.5, 0.6) is 0 Å². The van der Waals surface area contributed by atoms with Crippen molar-refractivity contribution in [1.82, 2.24) is 5.32 Å². The molecule has 0 saturated carbocycles. The smallest absolute Gasteiger partial charge is 0.316 e. The van der Waals surface area contributed by atoms with Gasteiger partial charge in [-0.05, 0) is 18.6 Å². The van der Waals surface area contributed by atoms with E-state index in [1.807, 2.05) is 0 Å². The Morgan fingerprint density at radius 1 is 1.45 bits per heavy atom. The Morgan fingerprint density at radius 3 is 2.27 bits per heavy atom. The van der Waals surface area contributed by atoms with Crippen molar-refractivity contribution in [3.63, 3.8) is 0 Å². The highest BCUT2D eigenvalue weighted by molar-refractivity contribution is 5.74. The third kappa shape index (κ3) is 3.25. The van der Waals surface area contributed by atoms with Crippen LogP contribution in [0.2, 0.25) is 0 Å². The number of carbonyl (C=O) groups is 1. The summed E-state index contributed by atoms with van der Waals surface area (Å²) < 4.78 is 0. The molecule has 0 aromatic rings. The fourth-order valence-electron chi connectivity index (χ4n) is 0.553. The molecule has 60 valence electrons. The lowest BCUT2D eigenvalue weighted by atomic mass is 10.2. The van der Waals surface area contributed by atoms with Crippen molar-refractivity contribution in [2.24, 2.45) is 5.73 Å². The lowest BCUT2D eigenvalue weighted by Gasteiger charge is -2.03. The molecule has 0 heterocycles. The van der Waals surface area contributed by atoms with Crippen molar-refractivity contribution < 1.29 is 4.79 Å². The van der Waals surface area contributed by atoms with E-state index in [0.717, 1.165) is 5.57 Å². The molecule has 11 heavy (non-hydrogen) atoms. The second-order valence-electron chi connectivity index (χ2n) is 1.99. The normalized spacial score (nSPS) is 11.4. The maximum atomic E-state index is 10.4. The van der Waals surface area contributed by atoms with Gasteiger partial charge in [0.1, 0.15) is 0 Å². The first-order valence-electron chi connectivity index (χ1n) is 3.14. The first-order valence-corrected chi connectivity index (χ1v) is 3.14. The van der Waals surface area contributed by atoms with E-state index in [1.54, 1.807) is 13.0 Å². The second kappa shape index (κ2) is 4.33. The molecule has 0 saturated heterocycles. The van der Waals surface area contributed by atoms with Gasteiger partial charge in [-0.1, -0.05) is 19.2 Å². The number of nitrogens with two attached hydrogens (primary N) is 1. The lowest BCUT2D eigenvalue weighted by Crippen LogP contribution is -2.28. The van der Waals surface area contributed by atoms with Gasteiger partial charge in [-0.2, -0.15) is 0 Å². The van der Waals surface area contributed by atoms with Crippen molar-refractivity contribution in [2.75, 3.05) is 0 Å². The van der Waals surface area contributed by atoms with Crippen LogP contribution in [0.1, 0.15) is 6.92 Å². The van der Waals surface area contributed by atoms with Gasteiger partial charge in [-0.15, -0.1) is 0 Å². The number of hydrogen-bond donors (Lipinski definition) is 2. The quantitative estimate of drug-likeness (QED) is 0.588. The highest BCUT2D eigenvalue weighted by Gasteiger charge is 1.96. The maximum absolute atomic E-state index is 10.4. The molecule has 0 aromatic heterocycles. The SMILES string of the molecule is C=C/C(C)=C(\C=C)NC(N)=O. The maximum Gasteiger partial charge on any atom is 0.316 e. The molecule has 0 rings (SSSR count). The number of nitrogens with one attached hydrogen (secondary N) is 1. The van der Waals surface area contributed by atoms with E-state index in [-0.39, 0.29) is 0 Å². The fraction of sp³-hybridized carbons (Fsp3) is 0.125. The van der Waals surface area contributed by atoms with E-state index in [9.17, 15) is 4.79 Å². The van der Waals surface area contributed by atoms with Crippen molar-refractivity contribution in [3.05, 3.63) is 36.6 Å². The van der Waals surface area contributed by atoms with Gasteiger partial charge in [0, 0.05) is 5.70 Å². The molecule has 0 bridgehead atoms. The molecule has 2 amide bonds. The molecular weight excluding hydrogens is 140 g/mol. The van der Waals surface area contributed by atoms with Crippen LogP contribution in [0, 0.1) is 0 Å².